The van der Waals surface area contributed by atoms with Crippen LogP contribution < -0.4 is 5.84 Å². The molecule has 0 saturated carbocycles. The van der Waals surface area contributed by atoms with E-state index in [1.807, 2.05) is 11.1 Å². The summed E-state index contributed by atoms with van der Waals surface area (Å²) >= 11 is 6.11. The highest BCUT2D eigenvalue weighted by Crippen LogP contribution is 2.34. The van der Waals surface area contributed by atoms with Gasteiger partial charge in [-0.3, -0.25) is 5.84 Å². The van der Waals surface area contributed by atoms with Gasteiger partial charge in [0.2, 0.25) is 0 Å². The quantitative estimate of drug-likeness (QED) is 0.644. The standard InChI is InChI=1S/C14H17ClN6/c1-14(2)4-3-9(8-20(14)17)11-5-12(15)19-13-10(6-16)7-18-21(11)13/h5,7,9H,3-4,8,17H2,1-2H3/t9-/m0/s1. The Labute approximate surface area is 128 Å². The van der Waals surface area contributed by atoms with E-state index in [9.17, 15) is 0 Å². The minimum atomic E-state index is -0.00558. The predicted molar refractivity (Wildman–Crippen MR) is 79.7 cm³/mol. The fraction of sp³-hybridized carbons (Fsp3) is 0.500. The van der Waals surface area contributed by atoms with E-state index in [-0.39, 0.29) is 11.5 Å². The highest BCUT2D eigenvalue weighted by atomic mass is 35.5. The van der Waals surface area contributed by atoms with Gasteiger partial charge < -0.3 is 0 Å². The molecular formula is C14H17ClN6. The summed E-state index contributed by atoms with van der Waals surface area (Å²) in [5.41, 5.74) is 1.89. The van der Waals surface area contributed by atoms with Crippen LogP contribution in [0.3, 0.4) is 0 Å². The third-order valence-corrected chi connectivity index (χ3v) is 4.50. The van der Waals surface area contributed by atoms with Gasteiger partial charge in [-0.2, -0.15) is 10.4 Å². The van der Waals surface area contributed by atoms with Crippen molar-refractivity contribution in [1.82, 2.24) is 19.6 Å². The number of aromatic nitrogens is 3. The van der Waals surface area contributed by atoms with Crippen molar-refractivity contribution in [2.24, 2.45) is 5.84 Å². The lowest BCUT2D eigenvalue weighted by Crippen LogP contribution is -2.53. The SMILES string of the molecule is CC1(C)CC[C@H](c2cc(Cl)nc3c(C#N)cnn23)CN1N. The van der Waals surface area contributed by atoms with Crippen molar-refractivity contribution in [3.05, 3.63) is 28.7 Å². The third-order valence-electron chi connectivity index (χ3n) is 4.31. The van der Waals surface area contributed by atoms with Gasteiger partial charge in [-0.1, -0.05) is 11.6 Å². The summed E-state index contributed by atoms with van der Waals surface area (Å²) in [6.07, 6.45) is 3.51. The van der Waals surface area contributed by atoms with E-state index in [4.69, 9.17) is 22.7 Å². The lowest BCUT2D eigenvalue weighted by Gasteiger charge is -2.42. The number of hydrogen-bond donors (Lipinski definition) is 1. The summed E-state index contributed by atoms with van der Waals surface area (Å²) in [4.78, 5) is 4.21. The van der Waals surface area contributed by atoms with E-state index in [1.54, 1.807) is 4.52 Å². The van der Waals surface area contributed by atoms with Crippen molar-refractivity contribution in [3.63, 3.8) is 0 Å². The van der Waals surface area contributed by atoms with Crippen molar-refractivity contribution in [2.45, 2.75) is 38.1 Å². The average Bonchev–Trinajstić information content (AvgIpc) is 2.84. The van der Waals surface area contributed by atoms with Crippen LogP contribution in [0.4, 0.5) is 0 Å². The molecule has 2 aromatic heterocycles. The number of nitriles is 1. The maximum atomic E-state index is 9.11. The Morgan fingerprint density at radius 1 is 1.52 bits per heavy atom. The molecule has 0 bridgehead atoms. The Morgan fingerprint density at radius 3 is 2.95 bits per heavy atom. The molecule has 2 aromatic rings. The molecule has 1 saturated heterocycles. The number of hydrogen-bond acceptors (Lipinski definition) is 5. The van der Waals surface area contributed by atoms with Crippen LogP contribution in [0.1, 0.15) is 43.9 Å². The van der Waals surface area contributed by atoms with Crippen LogP contribution in [-0.4, -0.2) is 31.7 Å². The zero-order valence-electron chi connectivity index (χ0n) is 12.0. The van der Waals surface area contributed by atoms with E-state index < -0.39 is 0 Å². The van der Waals surface area contributed by atoms with Crippen molar-refractivity contribution in [2.75, 3.05) is 6.54 Å². The second-order valence-corrected chi connectivity index (χ2v) is 6.50. The van der Waals surface area contributed by atoms with Crippen LogP contribution in [0, 0.1) is 11.3 Å². The average molecular weight is 305 g/mol. The summed E-state index contributed by atoms with van der Waals surface area (Å²) in [6.45, 7) is 5.00. The highest BCUT2D eigenvalue weighted by molar-refractivity contribution is 6.29. The number of nitrogens with zero attached hydrogens (tertiary/aromatic N) is 5. The topological polar surface area (TPSA) is 83.2 Å². The molecule has 6 nitrogen and oxygen atoms in total. The van der Waals surface area contributed by atoms with Crippen molar-refractivity contribution in [1.29, 1.82) is 5.26 Å². The predicted octanol–water partition coefficient (Wildman–Crippen LogP) is 2.09. The molecule has 1 aliphatic rings. The molecule has 0 spiro atoms. The molecule has 21 heavy (non-hydrogen) atoms. The highest BCUT2D eigenvalue weighted by Gasteiger charge is 2.34. The van der Waals surface area contributed by atoms with Gasteiger partial charge in [0, 0.05) is 18.0 Å². The van der Waals surface area contributed by atoms with Gasteiger partial charge in [-0.25, -0.2) is 14.5 Å². The molecule has 2 N–H and O–H groups in total. The van der Waals surface area contributed by atoms with Crippen LogP contribution in [0.25, 0.3) is 5.65 Å². The number of piperidine rings is 1. The largest absolute Gasteiger partial charge is 0.268 e. The van der Waals surface area contributed by atoms with Gasteiger partial charge in [0.25, 0.3) is 0 Å². The zero-order valence-corrected chi connectivity index (χ0v) is 12.8. The van der Waals surface area contributed by atoms with Gasteiger partial charge in [-0.05, 0) is 32.8 Å². The molecule has 1 atom stereocenters. The molecule has 3 heterocycles. The van der Waals surface area contributed by atoms with E-state index in [0.29, 0.717) is 16.4 Å². The minimum Gasteiger partial charge on any atom is -0.268 e. The molecule has 7 heteroatoms. The summed E-state index contributed by atoms with van der Waals surface area (Å²) in [5.74, 6) is 6.38. The second kappa shape index (κ2) is 4.95. The molecule has 0 unspecified atom stereocenters. The van der Waals surface area contributed by atoms with Crippen LogP contribution in [-0.2, 0) is 0 Å². The van der Waals surface area contributed by atoms with Crippen molar-refractivity contribution < 1.29 is 0 Å². The van der Waals surface area contributed by atoms with E-state index in [2.05, 4.69) is 30.0 Å². The Balaban J connectivity index is 2.05. The molecule has 3 rings (SSSR count). The zero-order chi connectivity index (χ0) is 15.2. The summed E-state index contributed by atoms with van der Waals surface area (Å²) in [7, 11) is 0. The first-order chi connectivity index (χ1) is 9.92. The normalized spacial score (nSPS) is 22.3. The second-order valence-electron chi connectivity index (χ2n) is 6.11. The van der Waals surface area contributed by atoms with Crippen LogP contribution >= 0.6 is 11.6 Å². The molecule has 0 radical (unpaired) electrons. The van der Waals surface area contributed by atoms with Gasteiger partial charge >= 0.3 is 0 Å². The smallest absolute Gasteiger partial charge is 0.174 e. The molecule has 1 aliphatic heterocycles. The van der Waals surface area contributed by atoms with Gasteiger partial charge in [0.15, 0.2) is 5.65 Å². The fourth-order valence-corrected chi connectivity index (χ4v) is 3.00. The lowest BCUT2D eigenvalue weighted by molar-refractivity contribution is 0.0637. The summed E-state index contributed by atoms with van der Waals surface area (Å²) < 4.78 is 1.71. The van der Waals surface area contributed by atoms with Gasteiger partial charge in [-0.15, -0.1) is 0 Å². The molecule has 0 amide bonds. The van der Waals surface area contributed by atoms with Gasteiger partial charge in [0.05, 0.1) is 11.9 Å². The maximum absolute atomic E-state index is 9.11. The Morgan fingerprint density at radius 2 is 2.29 bits per heavy atom. The maximum Gasteiger partial charge on any atom is 0.174 e. The number of hydrazine groups is 1. The lowest BCUT2D eigenvalue weighted by atomic mass is 9.84. The first kappa shape index (κ1) is 14.3. The molecule has 110 valence electrons. The van der Waals surface area contributed by atoms with Crippen LogP contribution in [0.2, 0.25) is 5.15 Å². The number of halogens is 1. The number of fused-ring (bicyclic) bond motifs is 1. The third kappa shape index (κ3) is 2.38. The van der Waals surface area contributed by atoms with E-state index in [0.717, 1.165) is 25.1 Å². The van der Waals surface area contributed by atoms with E-state index in [1.165, 1.54) is 6.20 Å². The Bertz CT molecular complexity index is 729. The van der Waals surface area contributed by atoms with Gasteiger partial charge in [0.1, 0.15) is 16.8 Å². The summed E-state index contributed by atoms with van der Waals surface area (Å²) in [5, 5.41) is 15.6. The van der Waals surface area contributed by atoms with E-state index >= 15 is 0 Å². The first-order valence-corrected chi connectivity index (χ1v) is 7.27. The molecule has 1 fully saturated rings. The molecule has 0 aromatic carbocycles. The number of nitrogens with two attached hydrogens (primary N) is 1. The summed E-state index contributed by atoms with van der Waals surface area (Å²) in [6, 6.07) is 3.91. The molecular weight excluding hydrogens is 288 g/mol. The Hall–Kier alpha value is -1.68. The fourth-order valence-electron chi connectivity index (χ4n) is 2.81. The van der Waals surface area contributed by atoms with Crippen molar-refractivity contribution >= 4 is 17.2 Å². The Kier molecular flexibility index (Phi) is 3.36. The number of rotatable bonds is 1. The van der Waals surface area contributed by atoms with Crippen LogP contribution in [0.15, 0.2) is 12.3 Å². The first-order valence-electron chi connectivity index (χ1n) is 6.89. The minimum absolute atomic E-state index is 0.00558. The van der Waals surface area contributed by atoms with Crippen molar-refractivity contribution in [3.8, 4) is 6.07 Å². The monoisotopic (exact) mass is 304 g/mol. The van der Waals surface area contributed by atoms with Crippen LogP contribution in [0.5, 0.6) is 0 Å². The molecule has 0 aliphatic carbocycles.